The molecule has 1 aliphatic carbocycles. The van der Waals surface area contributed by atoms with Gasteiger partial charge in [0.05, 0.1) is 6.54 Å². The van der Waals surface area contributed by atoms with E-state index >= 15 is 0 Å². The maximum absolute atomic E-state index is 13.5. The van der Waals surface area contributed by atoms with Crippen LogP contribution < -0.4 is 0 Å². The van der Waals surface area contributed by atoms with Gasteiger partial charge in [-0.25, -0.2) is 0 Å². The van der Waals surface area contributed by atoms with E-state index in [4.69, 9.17) is 0 Å². The van der Waals surface area contributed by atoms with Crippen LogP contribution in [-0.4, -0.2) is 34.2 Å². The van der Waals surface area contributed by atoms with E-state index in [0.717, 1.165) is 24.8 Å². The number of thiophene rings is 1. The van der Waals surface area contributed by atoms with E-state index in [1.54, 1.807) is 11.3 Å². The Kier molecular flexibility index (Phi) is 8.16. The highest BCUT2D eigenvalue weighted by molar-refractivity contribution is 7.10. The summed E-state index contributed by atoms with van der Waals surface area (Å²) in [5.74, 6) is 0.475. The van der Waals surface area contributed by atoms with Crippen LogP contribution in [0.5, 0.6) is 0 Å². The van der Waals surface area contributed by atoms with Crippen LogP contribution in [0.4, 0.5) is 0 Å². The van der Waals surface area contributed by atoms with Gasteiger partial charge in [0, 0.05) is 23.9 Å². The molecule has 0 radical (unpaired) electrons. The molecule has 0 saturated heterocycles. The Morgan fingerprint density at radius 3 is 2.31 bits per heavy atom. The van der Waals surface area contributed by atoms with E-state index in [9.17, 15) is 9.59 Å². The zero-order valence-electron chi connectivity index (χ0n) is 20.3. The molecule has 1 unspecified atom stereocenters. The first-order valence-corrected chi connectivity index (χ1v) is 12.6. The molecule has 2 amide bonds. The number of aryl methyl sites for hydroxylation is 1. The molecule has 1 aromatic heterocycles. The molecule has 1 aliphatic rings. The summed E-state index contributed by atoms with van der Waals surface area (Å²) in [6, 6.07) is 12.4. The van der Waals surface area contributed by atoms with Gasteiger partial charge in [0.2, 0.25) is 11.8 Å². The van der Waals surface area contributed by atoms with E-state index in [1.807, 2.05) is 28.0 Å². The van der Waals surface area contributed by atoms with Crippen molar-refractivity contribution in [1.82, 2.24) is 9.80 Å². The first-order chi connectivity index (χ1) is 15.1. The molecule has 32 heavy (non-hydrogen) atoms. The van der Waals surface area contributed by atoms with E-state index in [2.05, 4.69) is 58.2 Å². The molecule has 2 aromatic rings. The summed E-state index contributed by atoms with van der Waals surface area (Å²) < 4.78 is 0. The third-order valence-electron chi connectivity index (χ3n) is 5.97. The predicted molar refractivity (Wildman–Crippen MR) is 132 cm³/mol. The number of hydrogen-bond donors (Lipinski definition) is 0. The first kappa shape index (κ1) is 24.5. The Hall–Kier alpha value is -2.14. The topological polar surface area (TPSA) is 40.6 Å². The maximum atomic E-state index is 13.5. The lowest BCUT2D eigenvalue weighted by atomic mass is 9.84. The molecule has 1 aromatic carbocycles. The molecule has 1 fully saturated rings. The van der Waals surface area contributed by atoms with Crippen molar-refractivity contribution in [2.75, 3.05) is 6.54 Å². The Morgan fingerprint density at radius 2 is 1.75 bits per heavy atom. The summed E-state index contributed by atoms with van der Waals surface area (Å²) in [5, 5.41) is 2.08. The Labute approximate surface area is 197 Å². The molecule has 0 aliphatic heterocycles. The van der Waals surface area contributed by atoms with Gasteiger partial charge in [0.1, 0.15) is 6.54 Å². The van der Waals surface area contributed by atoms with Gasteiger partial charge in [-0.15, -0.1) is 11.3 Å². The van der Waals surface area contributed by atoms with Gasteiger partial charge in [-0.3, -0.25) is 9.59 Å². The minimum absolute atomic E-state index is 0.0328. The monoisotopic (exact) mass is 454 g/mol. The number of carbonyl (C=O) groups is 2. The molecule has 0 spiro atoms. The fraction of sp³-hybridized carbons (Fsp3) is 0.556. The number of amides is 2. The second-order valence-corrected chi connectivity index (χ2v) is 11.6. The third kappa shape index (κ3) is 7.47. The molecule has 1 saturated carbocycles. The zero-order valence-corrected chi connectivity index (χ0v) is 21.1. The largest absolute Gasteiger partial charge is 0.332 e. The SMILES string of the molecule is Cc1ccsc1CN(Cc1ccccc1)C(=O)CN(C(=O)CC(C)CC(C)(C)C)C1CC1. The van der Waals surface area contributed by atoms with E-state index in [0.29, 0.717) is 25.4 Å². The standard InChI is InChI=1S/C27H38N2O2S/c1-20(16-27(3,4)5)15-25(30)29(23-11-12-23)19-26(31)28(17-22-9-7-6-8-10-22)18-24-21(2)13-14-32-24/h6-10,13-14,20,23H,11-12,15-19H2,1-5H3. The van der Waals surface area contributed by atoms with Crippen molar-refractivity contribution >= 4 is 23.2 Å². The number of hydrogen-bond acceptors (Lipinski definition) is 3. The fourth-order valence-electron chi connectivity index (χ4n) is 4.36. The Bertz CT molecular complexity index is 896. The minimum atomic E-state index is 0.0328. The highest BCUT2D eigenvalue weighted by Gasteiger charge is 2.35. The summed E-state index contributed by atoms with van der Waals surface area (Å²) in [6.45, 7) is 12.2. The highest BCUT2D eigenvalue weighted by Crippen LogP contribution is 2.31. The number of benzene rings is 1. The molecule has 3 rings (SSSR count). The molecule has 174 valence electrons. The third-order valence-corrected chi connectivity index (χ3v) is 6.98. The molecule has 1 heterocycles. The summed E-state index contributed by atoms with van der Waals surface area (Å²) in [5.41, 5.74) is 2.52. The Morgan fingerprint density at radius 1 is 1.06 bits per heavy atom. The Balaban J connectivity index is 1.70. The van der Waals surface area contributed by atoms with Crippen molar-refractivity contribution in [2.24, 2.45) is 11.3 Å². The quantitative estimate of drug-likeness (QED) is 0.439. The van der Waals surface area contributed by atoms with Crippen molar-refractivity contribution in [3.8, 4) is 0 Å². The van der Waals surface area contributed by atoms with Crippen molar-refractivity contribution in [1.29, 1.82) is 0 Å². The van der Waals surface area contributed by atoms with Gasteiger partial charge in [0.15, 0.2) is 0 Å². The van der Waals surface area contributed by atoms with Crippen LogP contribution in [-0.2, 0) is 22.7 Å². The lowest BCUT2D eigenvalue weighted by molar-refractivity contribution is -0.142. The number of carbonyl (C=O) groups excluding carboxylic acids is 2. The van der Waals surface area contributed by atoms with E-state index in [-0.39, 0.29) is 29.8 Å². The predicted octanol–water partition coefficient (Wildman–Crippen LogP) is 6.04. The number of rotatable bonds is 10. The second-order valence-electron chi connectivity index (χ2n) is 10.6. The van der Waals surface area contributed by atoms with Crippen molar-refractivity contribution in [3.05, 3.63) is 57.8 Å². The van der Waals surface area contributed by atoms with Gasteiger partial charge >= 0.3 is 0 Å². The van der Waals surface area contributed by atoms with Crippen LogP contribution in [0.1, 0.15) is 69.4 Å². The van der Waals surface area contributed by atoms with E-state index in [1.165, 1.54) is 10.4 Å². The minimum Gasteiger partial charge on any atom is -0.332 e. The van der Waals surface area contributed by atoms with Crippen LogP contribution >= 0.6 is 11.3 Å². The van der Waals surface area contributed by atoms with Crippen LogP contribution in [0, 0.1) is 18.3 Å². The first-order valence-electron chi connectivity index (χ1n) is 11.8. The van der Waals surface area contributed by atoms with Crippen molar-refractivity contribution < 1.29 is 9.59 Å². The average molecular weight is 455 g/mol. The van der Waals surface area contributed by atoms with Crippen LogP contribution in [0.3, 0.4) is 0 Å². The molecule has 4 nitrogen and oxygen atoms in total. The van der Waals surface area contributed by atoms with Gasteiger partial charge in [-0.2, -0.15) is 0 Å². The number of nitrogens with zero attached hydrogens (tertiary/aromatic N) is 2. The van der Waals surface area contributed by atoms with Crippen molar-refractivity contribution in [2.45, 2.75) is 79.4 Å². The van der Waals surface area contributed by atoms with E-state index < -0.39 is 0 Å². The lowest BCUT2D eigenvalue weighted by Crippen LogP contribution is -2.44. The average Bonchev–Trinajstić information content (AvgIpc) is 3.47. The molecular formula is C27H38N2O2S. The summed E-state index contributed by atoms with van der Waals surface area (Å²) in [7, 11) is 0. The molecule has 1 atom stereocenters. The summed E-state index contributed by atoms with van der Waals surface area (Å²) >= 11 is 1.69. The normalized spacial score (nSPS) is 14.8. The highest BCUT2D eigenvalue weighted by atomic mass is 32.1. The summed E-state index contributed by atoms with van der Waals surface area (Å²) in [6.07, 6.45) is 3.54. The van der Waals surface area contributed by atoms with Gasteiger partial charge in [-0.05, 0) is 60.1 Å². The van der Waals surface area contributed by atoms with Gasteiger partial charge < -0.3 is 9.80 Å². The zero-order chi connectivity index (χ0) is 23.3. The van der Waals surface area contributed by atoms with Gasteiger partial charge in [0.25, 0.3) is 0 Å². The molecule has 5 heteroatoms. The second kappa shape index (κ2) is 10.7. The molecule has 0 N–H and O–H groups in total. The molecular weight excluding hydrogens is 416 g/mol. The van der Waals surface area contributed by atoms with Crippen molar-refractivity contribution in [3.63, 3.8) is 0 Å². The van der Waals surface area contributed by atoms with Crippen LogP contribution in [0.2, 0.25) is 0 Å². The van der Waals surface area contributed by atoms with Crippen LogP contribution in [0.25, 0.3) is 0 Å². The summed E-state index contributed by atoms with van der Waals surface area (Å²) in [4.78, 5) is 31.6. The maximum Gasteiger partial charge on any atom is 0.242 e. The smallest absolute Gasteiger partial charge is 0.242 e. The van der Waals surface area contributed by atoms with Crippen LogP contribution in [0.15, 0.2) is 41.8 Å². The fourth-order valence-corrected chi connectivity index (χ4v) is 5.28. The molecule has 0 bridgehead atoms. The van der Waals surface area contributed by atoms with Gasteiger partial charge in [-0.1, -0.05) is 58.0 Å². The lowest BCUT2D eigenvalue weighted by Gasteiger charge is -2.29.